The van der Waals surface area contributed by atoms with Gasteiger partial charge in [0.05, 0.1) is 11.7 Å². The Morgan fingerprint density at radius 2 is 1.58 bits per heavy atom. The normalized spacial score (nSPS) is 47.5. The average Bonchev–Trinajstić information content (AvgIpc) is 1.97. The molecule has 0 saturated carbocycles. The lowest BCUT2D eigenvalue weighted by Gasteiger charge is -2.44. The molecule has 4 heteroatoms. The predicted molar refractivity (Wildman–Crippen MR) is 42.3 cm³/mol. The third-order valence-corrected chi connectivity index (χ3v) is 2.68. The molecule has 0 spiro atoms. The summed E-state index contributed by atoms with van der Waals surface area (Å²) in [5.74, 6) is -0.198. The van der Waals surface area contributed by atoms with Gasteiger partial charge in [-0.1, -0.05) is 6.92 Å². The minimum absolute atomic E-state index is 0.198. The molecule has 0 aliphatic carbocycles. The Labute approximate surface area is 71.8 Å². The molecular formula is C8H16O4. The van der Waals surface area contributed by atoms with Crippen molar-refractivity contribution >= 4 is 0 Å². The minimum Gasteiger partial charge on any atom is -0.390 e. The first-order chi connectivity index (χ1) is 5.36. The molecule has 1 fully saturated rings. The zero-order valence-electron chi connectivity index (χ0n) is 7.56. The van der Waals surface area contributed by atoms with Gasteiger partial charge >= 0.3 is 0 Å². The summed E-state index contributed by atoms with van der Waals surface area (Å²) in [6.45, 7) is 5.33. The summed E-state index contributed by atoms with van der Waals surface area (Å²) in [7, 11) is 0. The number of hydrogen-bond donors (Lipinski definition) is 3. The summed E-state index contributed by atoms with van der Waals surface area (Å²) in [6.07, 6.45) is -3.41. The van der Waals surface area contributed by atoms with Crippen LogP contribution in [0, 0.1) is 5.92 Å². The fraction of sp³-hybridized carbons (Fsp3) is 1.00. The first-order valence-electron chi connectivity index (χ1n) is 4.08. The molecule has 0 aromatic carbocycles. The maximum absolute atomic E-state index is 9.46. The maximum atomic E-state index is 9.46. The molecule has 0 aromatic heterocycles. The van der Waals surface area contributed by atoms with Gasteiger partial charge < -0.3 is 20.1 Å². The van der Waals surface area contributed by atoms with Crippen LogP contribution in [0.5, 0.6) is 0 Å². The molecule has 1 aliphatic heterocycles. The van der Waals surface area contributed by atoms with Crippen molar-refractivity contribution in [1.82, 2.24) is 0 Å². The molecule has 3 N–H and O–H groups in total. The summed E-state index contributed by atoms with van der Waals surface area (Å²) in [6, 6.07) is 0. The predicted octanol–water partition coefficient (Wildman–Crippen LogP) is -0.529. The Morgan fingerprint density at radius 3 is 2.08 bits per heavy atom. The van der Waals surface area contributed by atoms with E-state index in [1.807, 2.05) is 0 Å². The van der Waals surface area contributed by atoms with Crippen molar-refractivity contribution in [3.8, 4) is 0 Å². The van der Waals surface area contributed by atoms with E-state index in [2.05, 4.69) is 0 Å². The van der Waals surface area contributed by atoms with Crippen molar-refractivity contribution in [3.05, 3.63) is 0 Å². The quantitative estimate of drug-likeness (QED) is 0.464. The Morgan fingerprint density at radius 1 is 1.08 bits per heavy atom. The number of ether oxygens (including phenoxy) is 1. The fourth-order valence-corrected chi connectivity index (χ4v) is 1.36. The van der Waals surface area contributed by atoms with Crippen LogP contribution in [0.2, 0.25) is 0 Å². The highest BCUT2D eigenvalue weighted by atomic mass is 16.6. The Hall–Kier alpha value is -0.160. The second kappa shape index (κ2) is 2.96. The third kappa shape index (κ3) is 1.47. The zero-order chi connectivity index (χ0) is 9.52. The summed E-state index contributed by atoms with van der Waals surface area (Å²) >= 11 is 0. The third-order valence-electron chi connectivity index (χ3n) is 2.68. The van der Waals surface area contributed by atoms with Crippen LogP contribution in [-0.2, 0) is 4.74 Å². The van der Waals surface area contributed by atoms with Crippen molar-refractivity contribution < 1.29 is 20.1 Å². The molecule has 1 heterocycles. The maximum Gasteiger partial charge on any atom is 0.184 e. The lowest BCUT2D eigenvalue weighted by molar-refractivity contribution is -0.294. The number of aliphatic hydroxyl groups is 3. The Bertz CT molecular complexity index is 168. The largest absolute Gasteiger partial charge is 0.390 e. The SMILES string of the molecule is C[C@@H]1[C@@H](O)[C@@H](O)C(O)OC1(C)C. The summed E-state index contributed by atoms with van der Waals surface area (Å²) < 4.78 is 5.11. The van der Waals surface area contributed by atoms with Crippen LogP contribution < -0.4 is 0 Å². The van der Waals surface area contributed by atoms with Crippen LogP contribution in [0.4, 0.5) is 0 Å². The Kier molecular flexibility index (Phi) is 2.45. The van der Waals surface area contributed by atoms with Gasteiger partial charge in [-0.3, -0.25) is 0 Å². The molecule has 1 aliphatic rings. The van der Waals surface area contributed by atoms with Gasteiger partial charge in [0, 0.05) is 5.92 Å². The van der Waals surface area contributed by atoms with Gasteiger partial charge in [-0.05, 0) is 13.8 Å². The second-order valence-electron chi connectivity index (χ2n) is 3.88. The van der Waals surface area contributed by atoms with Gasteiger partial charge in [0.1, 0.15) is 6.10 Å². The molecule has 0 amide bonds. The van der Waals surface area contributed by atoms with E-state index < -0.39 is 24.1 Å². The highest BCUT2D eigenvalue weighted by Gasteiger charge is 2.45. The van der Waals surface area contributed by atoms with Crippen molar-refractivity contribution in [1.29, 1.82) is 0 Å². The van der Waals surface area contributed by atoms with E-state index in [0.717, 1.165) is 0 Å². The van der Waals surface area contributed by atoms with Gasteiger partial charge in [0.25, 0.3) is 0 Å². The van der Waals surface area contributed by atoms with Crippen molar-refractivity contribution in [2.75, 3.05) is 0 Å². The molecule has 0 radical (unpaired) electrons. The molecule has 72 valence electrons. The summed E-state index contributed by atoms with van der Waals surface area (Å²) in [4.78, 5) is 0. The average molecular weight is 176 g/mol. The van der Waals surface area contributed by atoms with E-state index >= 15 is 0 Å². The van der Waals surface area contributed by atoms with Crippen LogP contribution in [0.3, 0.4) is 0 Å². The first-order valence-corrected chi connectivity index (χ1v) is 4.08. The van der Waals surface area contributed by atoms with Gasteiger partial charge in [0.2, 0.25) is 0 Å². The molecule has 1 rings (SSSR count). The highest BCUT2D eigenvalue weighted by molar-refractivity contribution is 4.91. The molecular weight excluding hydrogens is 160 g/mol. The van der Waals surface area contributed by atoms with Gasteiger partial charge in [-0.25, -0.2) is 0 Å². The Balaban J connectivity index is 2.78. The molecule has 1 saturated heterocycles. The lowest BCUT2D eigenvalue weighted by atomic mass is 9.82. The monoisotopic (exact) mass is 176 g/mol. The van der Waals surface area contributed by atoms with E-state index in [1.54, 1.807) is 20.8 Å². The van der Waals surface area contributed by atoms with Crippen molar-refractivity contribution in [2.45, 2.75) is 44.9 Å². The first kappa shape index (κ1) is 9.92. The van der Waals surface area contributed by atoms with E-state index in [4.69, 9.17) is 9.84 Å². The fourth-order valence-electron chi connectivity index (χ4n) is 1.36. The molecule has 12 heavy (non-hydrogen) atoms. The minimum atomic E-state index is -1.29. The van der Waals surface area contributed by atoms with Gasteiger partial charge in [-0.2, -0.15) is 0 Å². The van der Waals surface area contributed by atoms with Crippen molar-refractivity contribution in [2.24, 2.45) is 5.92 Å². The van der Waals surface area contributed by atoms with E-state index in [1.165, 1.54) is 0 Å². The standard InChI is InChI=1S/C8H16O4/c1-4-5(9)6(10)7(11)12-8(4,2)3/h4-7,9-11H,1-3H3/t4-,5-,6-,7?/m1/s1. The topological polar surface area (TPSA) is 69.9 Å². The number of aliphatic hydroxyl groups excluding tert-OH is 3. The van der Waals surface area contributed by atoms with E-state index in [0.29, 0.717) is 0 Å². The van der Waals surface area contributed by atoms with Crippen LogP contribution in [0.15, 0.2) is 0 Å². The number of rotatable bonds is 0. The molecule has 0 aromatic rings. The summed E-state index contributed by atoms with van der Waals surface area (Å²) in [5.41, 5.74) is -0.599. The molecule has 1 unspecified atom stereocenters. The smallest absolute Gasteiger partial charge is 0.184 e. The van der Waals surface area contributed by atoms with Gasteiger partial charge in [-0.15, -0.1) is 0 Å². The molecule has 0 bridgehead atoms. The van der Waals surface area contributed by atoms with Crippen LogP contribution in [0.25, 0.3) is 0 Å². The van der Waals surface area contributed by atoms with E-state index in [-0.39, 0.29) is 5.92 Å². The van der Waals surface area contributed by atoms with Crippen LogP contribution >= 0.6 is 0 Å². The van der Waals surface area contributed by atoms with Crippen molar-refractivity contribution in [3.63, 3.8) is 0 Å². The molecule has 4 atom stereocenters. The zero-order valence-corrected chi connectivity index (χ0v) is 7.56. The number of hydrogen-bond acceptors (Lipinski definition) is 4. The highest BCUT2D eigenvalue weighted by Crippen LogP contribution is 2.32. The molecule has 4 nitrogen and oxygen atoms in total. The van der Waals surface area contributed by atoms with E-state index in [9.17, 15) is 10.2 Å². The summed E-state index contributed by atoms with van der Waals surface area (Å²) in [5, 5.41) is 27.9. The van der Waals surface area contributed by atoms with Crippen LogP contribution in [-0.4, -0.2) is 39.4 Å². The van der Waals surface area contributed by atoms with Crippen LogP contribution in [0.1, 0.15) is 20.8 Å². The second-order valence-corrected chi connectivity index (χ2v) is 3.88. The lowest BCUT2D eigenvalue weighted by Crippen LogP contribution is -2.57. The van der Waals surface area contributed by atoms with Gasteiger partial charge in [0.15, 0.2) is 6.29 Å².